The highest BCUT2D eigenvalue weighted by atomic mass is 16.2. The molecule has 2 aromatic carbocycles. The topological polar surface area (TPSA) is 32.3 Å². The largest absolute Gasteiger partial charge is 0.324 e. The zero-order chi connectivity index (χ0) is 16.1. The Morgan fingerprint density at radius 2 is 1.55 bits per heavy atom. The van der Waals surface area contributed by atoms with Gasteiger partial charge in [-0.3, -0.25) is 9.69 Å². The van der Waals surface area contributed by atoms with Crippen LogP contribution in [-0.4, -0.2) is 24.9 Å². The summed E-state index contributed by atoms with van der Waals surface area (Å²) in [4.78, 5) is 14.7. The molecule has 2 rings (SSSR count). The number of rotatable bonds is 5. The molecule has 1 unspecified atom stereocenters. The maximum atomic E-state index is 12.8. The normalized spacial score (nSPS) is 12.5. The predicted molar refractivity (Wildman–Crippen MR) is 92.0 cm³/mol. The molecule has 0 saturated carbocycles. The Balaban J connectivity index is 2.27. The summed E-state index contributed by atoms with van der Waals surface area (Å²) >= 11 is 0. The van der Waals surface area contributed by atoms with Crippen LogP contribution in [0.3, 0.4) is 0 Å². The fraction of sp³-hybridized carbons (Fsp3) is 0.316. The molecular formula is C19H24N2O. The molecule has 0 aliphatic rings. The number of anilines is 1. The number of carbonyl (C=O) groups is 1. The second kappa shape index (κ2) is 7.23. The highest BCUT2D eigenvalue weighted by Crippen LogP contribution is 2.26. The molecule has 0 aromatic heterocycles. The Labute approximate surface area is 133 Å². The third-order valence-electron chi connectivity index (χ3n) is 3.72. The molecule has 3 heteroatoms. The van der Waals surface area contributed by atoms with E-state index in [2.05, 4.69) is 25.2 Å². The van der Waals surface area contributed by atoms with Crippen molar-refractivity contribution in [2.24, 2.45) is 0 Å². The van der Waals surface area contributed by atoms with E-state index in [4.69, 9.17) is 0 Å². The van der Waals surface area contributed by atoms with Gasteiger partial charge in [-0.1, -0.05) is 62.4 Å². The molecule has 0 bridgehead atoms. The van der Waals surface area contributed by atoms with E-state index < -0.39 is 0 Å². The van der Waals surface area contributed by atoms with E-state index in [9.17, 15) is 4.79 Å². The molecule has 0 fully saturated rings. The Kier molecular flexibility index (Phi) is 5.34. The van der Waals surface area contributed by atoms with Gasteiger partial charge < -0.3 is 5.32 Å². The molecule has 116 valence electrons. The Hall–Kier alpha value is -2.13. The van der Waals surface area contributed by atoms with Crippen molar-refractivity contribution in [3.63, 3.8) is 0 Å². The van der Waals surface area contributed by atoms with Gasteiger partial charge in [-0.25, -0.2) is 0 Å². The van der Waals surface area contributed by atoms with Crippen LogP contribution in [-0.2, 0) is 4.79 Å². The number of carbonyl (C=O) groups excluding carboxylic acids is 1. The van der Waals surface area contributed by atoms with Gasteiger partial charge in [0.05, 0.1) is 0 Å². The van der Waals surface area contributed by atoms with Crippen molar-refractivity contribution in [1.29, 1.82) is 0 Å². The molecular weight excluding hydrogens is 272 g/mol. The van der Waals surface area contributed by atoms with Gasteiger partial charge >= 0.3 is 0 Å². The zero-order valence-corrected chi connectivity index (χ0v) is 13.7. The zero-order valence-electron chi connectivity index (χ0n) is 13.7. The third-order valence-corrected chi connectivity index (χ3v) is 3.72. The summed E-state index contributed by atoms with van der Waals surface area (Å²) in [6, 6.07) is 17.5. The average Bonchev–Trinajstić information content (AvgIpc) is 2.48. The first kappa shape index (κ1) is 16.2. The van der Waals surface area contributed by atoms with Crippen LogP contribution in [0.4, 0.5) is 5.69 Å². The predicted octanol–water partition coefficient (Wildman–Crippen LogP) is 4.05. The Bertz CT molecular complexity index is 620. The summed E-state index contributed by atoms with van der Waals surface area (Å²) in [6.45, 7) is 4.26. The van der Waals surface area contributed by atoms with Gasteiger partial charge in [0.2, 0.25) is 5.91 Å². The molecule has 0 saturated heterocycles. The smallest absolute Gasteiger partial charge is 0.246 e. The monoisotopic (exact) mass is 296 g/mol. The van der Waals surface area contributed by atoms with Gasteiger partial charge in [-0.05, 0) is 37.2 Å². The van der Waals surface area contributed by atoms with E-state index in [0.717, 1.165) is 16.8 Å². The second-order valence-corrected chi connectivity index (χ2v) is 6.01. The van der Waals surface area contributed by atoms with Crippen molar-refractivity contribution in [2.45, 2.75) is 25.8 Å². The first-order chi connectivity index (χ1) is 10.5. The summed E-state index contributed by atoms with van der Waals surface area (Å²) in [6.07, 6.45) is 0. The summed E-state index contributed by atoms with van der Waals surface area (Å²) in [5, 5.41) is 3.09. The van der Waals surface area contributed by atoms with Gasteiger partial charge in [-0.2, -0.15) is 0 Å². The lowest BCUT2D eigenvalue weighted by Crippen LogP contribution is -2.32. The number of nitrogens with one attached hydrogen (secondary N) is 1. The van der Waals surface area contributed by atoms with E-state index in [1.54, 1.807) is 0 Å². The molecule has 0 aliphatic carbocycles. The minimum absolute atomic E-state index is 0.00991. The molecule has 1 amide bonds. The minimum atomic E-state index is -0.304. The molecule has 0 radical (unpaired) electrons. The van der Waals surface area contributed by atoms with Crippen molar-refractivity contribution in [1.82, 2.24) is 4.90 Å². The van der Waals surface area contributed by atoms with E-state index >= 15 is 0 Å². The van der Waals surface area contributed by atoms with E-state index in [0.29, 0.717) is 5.92 Å². The lowest BCUT2D eigenvalue weighted by Gasteiger charge is -2.24. The number of hydrogen-bond donors (Lipinski definition) is 1. The van der Waals surface area contributed by atoms with Crippen molar-refractivity contribution < 1.29 is 4.79 Å². The van der Waals surface area contributed by atoms with E-state index in [1.165, 1.54) is 0 Å². The van der Waals surface area contributed by atoms with Crippen LogP contribution in [0.1, 0.15) is 36.9 Å². The molecule has 0 heterocycles. The average molecular weight is 296 g/mol. The van der Waals surface area contributed by atoms with Gasteiger partial charge in [-0.15, -0.1) is 0 Å². The lowest BCUT2D eigenvalue weighted by atomic mass is 10.0. The van der Waals surface area contributed by atoms with Crippen LogP contribution in [0.15, 0.2) is 54.6 Å². The molecule has 1 N–H and O–H groups in total. The third kappa shape index (κ3) is 3.74. The SMILES string of the molecule is CC(C)c1ccccc1NC(=O)C(c1ccccc1)N(C)C. The van der Waals surface area contributed by atoms with Crippen LogP contribution >= 0.6 is 0 Å². The fourth-order valence-electron chi connectivity index (χ4n) is 2.63. The summed E-state index contributed by atoms with van der Waals surface area (Å²) in [7, 11) is 3.84. The van der Waals surface area contributed by atoms with Gasteiger partial charge in [0.1, 0.15) is 6.04 Å². The van der Waals surface area contributed by atoms with Crippen LogP contribution in [0.2, 0.25) is 0 Å². The van der Waals surface area contributed by atoms with Crippen molar-refractivity contribution in [3.05, 3.63) is 65.7 Å². The van der Waals surface area contributed by atoms with Crippen LogP contribution < -0.4 is 5.32 Å². The first-order valence-corrected chi connectivity index (χ1v) is 7.62. The molecule has 1 atom stereocenters. The quantitative estimate of drug-likeness (QED) is 0.902. The first-order valence-electron chi connectivity index (χ1n) is 7.62. The second-order valence-electron chi connectivity index (χ2n) is 6.01. The van der Waals surface area contributed by atoms with Gasteiger partial charge in [0.25, 0.3) is 0 Å². The minimum Gasteiger partial charge on any atom is -0.324 e. The molecule has 2 aromatic rings. The summed E-state index contributed by atoms with van der Waals surface area (Å²) in [5.74, 6) is 0.357. The number of para-hydroxylation sites is 1. The van der Waals surface area contributed by atoms with Crippen molar-refractivity contribution in [2.75, 3.05) is 19.4 Å². The van der Waals surface area contributed by atoms with E-state index in [-0.39, 0.29) is 11.9 Å². The summed E-state index contributed by atoms with van der Waals surface area (Å²) < 4.78 is 0. The fourth-order valence-corrected chi connectivity index (χ4v) is 2.63. The molecule has 3 nitrogen and oxygen atoms in total. The summed E-state index contributed by atoms with van der Waals surface area (Å²) in [5.41, 5.74) is 3.04. The van der Waals surface area contributed by atoms with Gasteiger partial charge in [0.15, 0.2) is 0 Å². The highest BCUT2D eigenvalue weighted by molar-refractivity contribution is 5.96. The molecule has 0 aliphatic heterocycles. The van der Waals surface area contributed by atoms with Crippen LogP contribution in [0, 0.1) is 0 Å². The van der Waals surface area contributed by atoms with Crippen LogP contribution in [0.25, 0.3) is 0 Å². The number of hydrogen-bond acceptors (Lipinski definition) is 2. The highest BCUT2D eigenvalue weighted by Gasteiger charge is 2.23. The van der Waals surface area contributed by atoms with Crippen LogP contribution in [0.5, 0.6) is 0 Å². The van der Waals surface area contributed by atoms with E-state index in [1.807, 2.05) is 67.5 Å². The Morgan fingerprint density at radius 3 is 2.14 bits per heavy atom. The Morgan fingerprint density at radius 1 is 0.955 bits per heavy atom. The number of amides is 1. The number of nitrogens with zero attached hydrogens (tertiary/aromatic N) is 1. The van der Waals surface area contributed by atoms with Gasteiger partial charge in [0, 0.05) is 5.69 Å². The number of benzene rings is 2. The molecule has 22 heavy (non-hydrogen) atoms. The maximum Gasteiger partial charge on any atom is 0.246 e. The number of likely N-dealkylation sites (N-methyl/N-ethyl adjacent to an activating group) is 1. The molecule has 0 spiro atoms. The lowest BCUT2D eigenvalue weighted by molar-refractivity contribution is -0.120. The standard InChI is InChI=1S/C19H24N2O/c1-14(2)16-12-8-9-13-17(16)20-19(22)18(21(3)4)15-10-6-5-7-11-15/h5-14,18H,1-4H3,(H,20,22). The van der Waals surface area contributed by atoms with Crippen molar-refractivity contribution in [3.8, 4) is 0 Å². The maximum absolute atomic E-state index is 12.8. The van der Waals surface area contributed by atoms with Crippen molar-refractivity contribution >= 4 is 11.6 Å².